The first-order valence-corrected chi connectivity index (χ1v) is 4.98. The molecule has 0 N–H and O–H groups in total. The highest BCUT2D eigenvalue weighted by Gasteiger charge is 2.10. The smallest absolute Gasteiger partial charge is 0.258 e. The number of nitro benzene ring substituents is 1. The van der Waals surface area contributed by atoms with Crippen LogP contribution in [-0.4, -0.2) is 4.92 Å². The Balaban J connectivity index is 2.38. The van der Waals surface area contributed by atoms with Crippen LogP contribution in [0, 0.1) is 10.1 Å². The molecule has 0 saturated heterocycles. The summed E-state index contributed by atoms with van der Waals surface area (Å²) in [5, 5.41) is 10.6. The van der Waals surface area contributed by atoms with E-state index in [1.54, 1.807) is 12.1 Å². The molecule has 4 heteroatoms. The Morgan fingerprint density at radius 1 is 1.38 bits per heavy atom. The van der Waals surface area contributed by atoms with Gasteiger partial charge in [0.15, 0.2) is 0 Å². The highest BCUT2D eigenvalue weighted by atomic mass is 19.1. The maximum absolute atomic E-state index is 13.1. The van der Waals surface area contributed by atoms with Gasteiger partial charge in [-0.25, -0.2) is 4.39 Å². The first kappa shape index (κ1) is 10.5. The van der Waals surface area contributed by atoms with Gasteiger partial charge in [0, 0.05) is 18.6 Å². The Hall–Kier alpha value is -1.97. The van der Waals surface area contributed by atoms with E-state index in [1.165, 1.54) is 18.2 Å². The summed E-state index contributed by atoms with van der Waals surface area (Å²) in [4.78, 5) is 10.1. The van der Waals surface area contributed by atoms with Gasteiger partial charge in [-0.1, -0.05) is 18.2 Å². The number of allylic oxidation sites excluding steroid dienone is 4. The Morgan fingerprint density at radius 2 is 2.19 bits per heavy atom. The lowest BCUT2D eigenvalue weighted by Crippen LogP contribution is -1.92. The van der Waals surface area contributed by atoms with Crippen LogP contribution in [0.15, 0.2) is 42.2 Å². The largest absolute Gasteiger partial charge is 0.270 e. The van der Waals surface area contributed by atoms with E-state index >= 15 is 0 Å². The van der Waals surface area contributed by atoms with Gasteiger partial charge in [-0.15, -0.1) is 0 Å². The van der Waals surface area contributed by atoms with Crippen molar-refractivity contribution in [3.63, 3.8) is 0 Å². The van der Waals surface area contributed by atoms with E-state index in [0.29, 0.717) is 24.0 Å². The number of nitro groups is 1. The van der Waals surface area contributed by atoms with Crippen molar-refractivity contribution in [2.45, 2.75) is 12.8 Å². The molecule has 0 amide bonds. The Morgan fingerprint density at radius 3 is 2.88 bits per heavy atom. The predicted octanol–water partition coefficient (Wildman–Crippen LogP) is 3.63. The summed E-state index contributed by atoms with van der Waals surface area (Å²) in [6.45, 7) is 0. The van der Waals surface area contributed by atoms with E-state index < -0.39 is 4.92 Å². The van der Waals surface area contributed by atoms with E-state index in [9.17, 15) is 14.5 Å². The molecule has 2 rings (SSSR count). The highest BCUT2D eigenvalue weighted by molar-refractivity contribution is 5.76. The molecule has 0 aromatic heterocycles. The second-order valence-electron chi connectivity index (χ2n) is 3.60. The highest BCUT2D eigenvalue weighted by Crippen LogP contribution is 2.27. The van der Waals surface area contributed by atoms with Crippen molar-refractivity contribution in [1.82, 2.24) is 0 Å². The normalized spacial score (nSPS) is 15.3. The quantitative estimate of drug-likeness (QED) is 0.563. The average Bonchev–Trinajstić information content (AvgIpc) is 2.29. The zero-order chi connectivity index (χ0) is 11.5. The second-order valence-corrected chi connectivity index (χ2v) is 3.60. The Bertz CT molecular complexity index is 492. The summed E-state index contributed by atoms with van der Waals surface area (Å²) in [6, 6.07) is 6.23. The maximum Gasteiger partial charge on any atom is 0.270 e. The molecule has 0 saturated carbocycles. The molecule has 0 bridgehead atoms. The van der Waals surface area contributed by atoms with Gasteiger partial charge in [0.1, 0.15) is 5.83 Å². The van der Waals surface area contributed by atoms with Crippen molar-refractivity contribution in [2.75, 3.05) is 0 Å². The van der Waals surface area contributed by atoms with Gasteiger partial charge in [0.05, 0.1) is 4.92 Å². The summed E-state index contributed by atoms with van der Waals surface area (Å²) in [6.07, 6.45) is 4.38. The molecule has 0 atom stereocenters. The van der Waals surface area contributed by atoms with Crippen LogP contribution in [0.2, 0.25) is 0 Å². The summed E-state index contributed by atoms with van der Waals surface area (Å²) in [7, 11) is 0. The molecule has 16 heavy (non-hydrogen) atoms. The Labute approximate surface area is 92.1 Å². The predicted molar refractivity (Wildman–Crippen MR) is 59.5 cm³/mol. The fourth-order valence-corrected chi connectivity index (χ4v) is 1.67. The van der Waals surface area contributed by atoms with E-state index in [-0.39, 0.29) is 11.5 Å². The van der Waals surface area contributed by atoms with Crippen molar-refractivity contribution < 1.29 is 9.31 Å². The van der Waals surface area contributed by atoms with Gasteiger partial charge in [-0.2, -0.15) is 0 Å². The van der Waals surface area contributed by atoms with Crippen molar-refractivity contribution in [3.05, 3.63) is 57.9 Å². The van der Waals surface area contributed by atoms with E-state index in [0.717, 1.165) is 0 Å². The van der Waals surface area contributed by atoms with Crippen LogP contribution < -0.4 is 0 Å². The number of nitrogens with zero attached hydrogens (tertiary/aromatic N) is 1. The zero-order valence-electron chi connectivity index (χ0n) is 8.52. The number of benzene rings is 1. The van der Waals surface area contributed by atoms with Crippen molar-refractivity contribution in [2.24, 2.45) is 0 Å². The van der Waals surface area contributed by atoms with Gasteiger partial charge < -0.3 is 0 Å². The molecular formula is C12H10FNO2. The third-order valence-corrected chi connectivity index (χ3v) is 2.45. The van der Waals surface area contributed by atoms with Crippen molar-refractivity contribution in [1.29, 1.82) is 0 Å². The molecule has 0 spiro atoms. The van der Waals surface area contributed by atoms with Crippen LogP contribution in [0.3, 0.4) is 0 Å². The third-order valence-electron chi connectivity index (χ3n) is 2.45. The van der Waals surface area contributed by atoms with Crippen LogP contribution in [-0.2, 0) is 0 Å². The van der Waals surface area contributed by atoms with Gasteiger partial charge in [0.25, 0.3) is 5.69 Å². The minimum absolute atomic E-state index is 0.0257. The van der Waals surface area contributed by atoms with E-state index in [4.69, 9.17) is 0 Å². The fourth-order valence-electron chi connectivity index (χ4n) is 1.67. The Kier molecular flexibility index (Phi) is 2.81. The maximum atomic E-state index is 13.1. The van der Waals surface area contributed by atoms with Crippen LogP contribution in [0.1, 0.15) is 18.4 Å². The molecule has 0 aliphatic heterocycles. The topological polar surface area (TPSA) is 43.1 Å². The van der Waals surface area contributed by atoms with Crippen molar-refractivity contribution >= 4 is 11.3 Å². The summed E-state index contributed by atoms with van der Waals surface area (Å²) in [5.74, 6) is -0.177. The van der Waals surface area contributed by atoms with Crippen LogP contribution >= 0.6 is 0 Å². The number of non-ortho nitro benzene ring substituents is 1. The average molecular weight is 219 g/mol. The minimum Gasteiger partial charge on any atom is -0.258 e. The van der Waals surface area contributed by atoms with E-state index in [2.05, 4.69) is 0 Å². The number of hydrogen-bond acceptors (Lipinski definition) is 2. The first-order valence-electron chi connectivity index (χ1n) is 4.98. The third kappa shape index (κ3) is 2.16. The van der Waals surface area contributed by atoms with Gasteiger partial charge in [-0.05, 0) is 23.6 Å². The molecule has 0 radical (unpaired) electrons. The van der Waals surface area contributed by atoms with Gasteiger partial charge >= 0.3 is 0 Å². The lowest BCUT2D eigenvalue weighted by molar-refractivity contribution is -0.384. The van der Waals surface area contributed by atoms with Gasteiger partial charge in [0.2, 0.25) is 0 Å². The van der Waals surface area contributed by atoms with Crippen LogP contribution in [0.5, 0.6) is 0 Å². The number of hydrogen-bond donors (Lipinski definition) is 0. The first-order chi connectivity index (χ1) is 7.66. The molecule has 3 nitrogen and oxygen atoms in total. The fraction of sp³-hybridized carbons (Fsp3) is 0.167. The second kappa shape index (κ2) is 4.26. The molecule has 1 aliphatic carbocycles. The molecule has 1 aromatic rings. The molecule has 1 aliphatic rings. The SMILES string of the molecule is O=[N+]([O-])c1cccc(C2=CCCC(F)=C2)c1. The van der Waals surface area contributed by atoms with Gasteiger partial charge in [-0.3, -0.25) is 10.1 Å². The van der Waals surface area contributed by atoms with E-state index in [1.807, 2.05) is 6.08 Å². The molecular weight excluding hydrogens is 209 g/mol. The molecule has 0 heterocycles. The molecule has 1 aromatic carbocycles. The standard InChI is InChI=1S/C12H10FNO2/c13-11-5-1-3-9(7-11)10-4-2-6-12(8-10)14(15)16/h2-4,6-8H,1,5H2. The van der Waals surface area contributed by atoms with Crippen LogP contribution in [0.25, 0.3) is 5.57 Å². The monoisotopic (exact) mass is 219 g/mol. The van der Waals surface area contributed by atoms with Crippen LogP contribution in [0.4, 0.5) is 10.1 Å². The summed E-state index contributed by atoms with van der Waals surface area (Å²) < 4.78 is 13.1. The summed E-state index contributed by atoms with van der Waals surface area (Å²) in [5.41, 5.74) is 1.43. The summed E-state index contributed by atoms with van der Waals surface area (Å²) >= 11 is 0. The lowest BCUT2D eigenvalue weighted by atomic mass is 9.99. The molecule has 82 valence electrons. The zero-order valence-corrected chi connectivity index (χ0v) is 8.52. The minimum atomic E-state index is -0.451. The number of rotatable bonds is 2. The van der Waals surface area contributed by atoms with Crippen molar-refractivity contribution in [3.8, 4) is 0 Å². The lowest BCUT2D eigenvalue weighted by Gasteiger charge is -2.08. The molecule has 0 unspecified atom stereocenters. The number of halogens is 1. The molecule has 0 fully saturated rings.